The molecule has 2 aromatic rings. The van der Waals surface area contributed by atoms with Crippen molar-refractivity contribution in [2.45, 2.75) is 7.43 Å². The smallest absolute Gasteiger partial charge is 0.328 e. The Morgan fingerprint density at radius 2 is 1.15 bits per heavy atom. The summed E-state index contributed by atoms with van der Waals surface area (Å²) < 4.78 is 1.00. The molecule has 0 aliphatic heterocycles. The molecule has 0 aromatic carbocycles. The zero-order chi connectivity index (χ0) is 17.6. The summed E-state index contributed by atoms with van der Waals surface area (Å²) >= 11 is 0. The van der Waals surface area contributed by atoms with Crippen LogP contribution in [0.4, 0.5) is 16.4 Å². The van der Waals surface area contributed by atoms with Crippen molar-refractivity contribution in [2.75, 3.05) is 12.8 Å². The predicted octanol–water partition coefficient (Wildman–Crippen LogP) is 6.73. The fraction of sp³-hybridized carbons (Fsp3) is 0.182. The van der Waals surface area contributed by atoms with E-state index in [-0.39, 0.29) is 241 Å². The second kappa shape index (κ2) is 64.2. The van der Waals surface area contributed by atoms with Crippen LogP contribution in [-0.4, -0.2) is 44.4 Å². The number of rotatable bonds is 3. The molecule has 266 valence electrons. The first-order valence-electron chi connectivity index (χ1n) is 5.88. The summed E-state index contributed by atoms with van der Waals surface area (Å²) in [4.78, 5) is 41.8. The second-order valence-corrected chi connectivity index (χ2v) is 3.85. The molecular weight excluding hydrogens is 923 g/mol. The SMILES string of the molecule is C.CNC(=O)n1cnc(C(N)=O)c1N.Cl.Cl.Cl.Cl.Cl.Cl.Cl.Cl.Cl.Cl.Cl.Cl.Cl.Cl.Cl.Cl.Cl.N=Nc1nc[nH]c1C(N)=O. The number of imidazole rings is 2. The van der Waals surface area contributed by atoms with Crippen LogP contribution in [0.15, 0.2) is 17.8 Å². The van der Waals surface area contributed by atoms with Gasteiger partial charge in [-0.3, -0.25) is 9.59 Å². The molecule has 0 saturated heterocycles. The van der Waals surface area contributed by atoms with Gasteiger partial charge in [-0.25, -0.2) is 24.9 Å². The number of hydrogen-bond donors (Lipinski definition) is 6. The first-order chi connectivity index (χ1) is 10.8. The van der Waals surface area contributed by atoms with E-state index in [1.165, 1.54) is 13.4 Å². The Kier molecular flexibility index (Phi) is 192. The number of amides is 3. The lowest BCUT2D eigenvalue weighted by molar-refractivity contribution is 0.0988. The molecule has 13 nitrogen and oxygen atoms in total. The third kappa shape index (κ3) is 39.1. The maximum atomic E-state index is 11.0. The Morgan fingerprint density at radius 1 is 0.780 bits per heavy atom. The van der Waals surface area contributed by atoms with E-state index in [4.69, 9.17) is 22.7 Å². The molecule has 9 N–H and O–H groups in total. The molecule has 41 heavy (non-hydrogen) atoms. The number of primary amides is 2. The number of H-pyrrole nitrogens is 1. The molecule has 0 spiro atoms. The van der Waals surface area contributed by atoms with Crippen LogP contribution < -0.4 is 22.5 Å². The maximum Gasteiger partial charge on any atom is 0.328 e. The highest BCUT2D eigenvalue weighted by molar-refractivity contribution is 5.97. The molecule has 2 heterocycles. The fourth-order valence-electron chi connectivity index (χ4n) is 1.38. The van der Waals surface area contributed by atoms with Gasteiger partial charge in [-0.1, -0.05) is 7.43 Å². The Hall–Kier alpha value is 1.16. The average molecular weight is 958 g/mol. The summed E-state index contributed by atoms with van der Waals surface area (Å²) in [5.41, 5.74) is 21.7. The zero-order valence-corrected chi connectivity index (χ0v) is 32.7. The van der Waals surface area contributed by atoms with Gasteiger partial charge in [0.2, 0.25) is 5.82 Å². The maximum absolute atomic E-state index is 11.0. The zero-order valence-electron chi connectivity index (χ0n) is 18.8. The van der Waals surface area contributed by atoms with Gasteiger partial charge in [0, 0.05) is 7.05 Å². The van der Waals surface area contributed by atoms with Crippen molar-refractivity contribution in [3.8, 4) is 0 Å². The van der Waals surface area contributed by atoms with E-state index in [0.29, 0.717) is 0 Å². The molecule has 0 saturated carbocycles. The number of anilines is 1. The van der Waals surface area contributed by atoms with Crippen molar-refractivity contribution in [1.82, 2.24) is 24.8 Å². The van der Waals surface area contributed by atoms with Crippen LogP contribution in [0.25, 0.3) is 0 Å². The summed E-state index contributed by atoms with van der Waals surface area (Å²) in [7, 11) is 1.44. The van der Waals surface area contributed by atoms with E-state index in [2.05, 4.69) is 25.4 Å². The molecule has 2 rings (SSSR count). The highest BCUT2D eigenvalue weighted by Crippen LogP contribution is 2.10. The number of carbonyl (C=O) groups excluding carboxylic acids is 3. The number of aromatic nitrogens is 4. The van der Waals surface area contributed by atoms with Crippen molar-refractivity contribution in [2.24, 2.45) is 16.6 Å². The summed E-state index contributed by atoms with van der Waals surface area (Å²) in [5, 5.41) is 5.28. The van der Waals surface area contributed by atoms with Crippen molar-refractivity contribution >= 4 is 240 Å². The minimum Gasteiger partial charge on any atom is -0.383 e. The average Bonchev–Trinajstić information content (AvgIpc) is 3.13. The Bertz CT molecular complexity index is 787. The number of halogens is 17. The molecule has 0 aliphatic rings. The van der Waals surface area contributed by atoms with Crippen LogP contribution in [0.3, 0.4) is 0 Å². The molecule has 3 amide bonds. The number of nitrogen functional groups attached to an aromatic ring is 1. The van der Waals surface area contributed by atoms with Crippen molar-refractivity contribution < 1.29 is 14.4 Å². The first kappa shape index (κ1) is 122. The van der Waals surface area contributed by atoms with Crippen LogP contribution in [0.2, 0.25) is 0 Å². The Morgan fingerprint density at radius 3 is 1.37 bits per heavy atom. The number of aromatic amines is 1. The summed E-state index contributed by atoms with van der Waals surface area (Å²) in [6.45, 7) is 0. The van der Waals surface area contributed by atoms with E-state index >= 15 is 0 Å². The number of nitrogens with one attached hydrogen (secondary N) is 3. The van der Waals surface area contributed by atoms with Gasteiger partial charge in [-0.2, -0.15) is 0 Å². The molecule has 0 fully saturated rings. The summed E-state index contributed by atoms with van der Waals surface area (Å²) in [6.07, 6.45) is 2.39. The van der Waals surface area contributed by atoms with Gasteiger partial charge in [0.05, 0.1) is 6.33 Å². The number of hydrogen-bond acceptors (Lipinski definition) is 8. The fourth-order valence-corrected chi connectivity index (χ4v) is 1.38. The number of nitrogens with two attached hydrogens (primary N) is 3. The highest BCUT2D eigenvalue weighted by atomic mass is 35.5. The molecule has 0 atom stereocenters. The van der Waals surface area contributed by atoms with Gasteiger partial charge in [0.25, 0.3) is 11.8 Å². The van der Waals surface area contributed by atoms with E-state index in [1.807, 2.05) is 0 Å². The van der Waals surface area contributed by atoms with E-state index in [9.17, 15) is 14.4 Å². The molecule has 0 radical (unpaired) electrons. The standard InChI is InChI=1S/C6H9N5O2.C4H5N5O.CH4.17ClH/c1-9-6(13)11-2-10-3(4(11)7)5(8)12;5-3(10)2-4(9-6)8-1-7-2;;;;;;;;;;;;;;;;;;/h2H,7H2,1H3,(H2,8,12)(H,9,13);1,6H,(H2,5,10)(H,7,8);1H4;17*1H. The van der Waals surface area contributed by atoms with Crippen molar-refractivity contribution in [3.63, 3.8) is 0 Å². The van der Waals surface area contributed by atoms with Crippen LogP contribution in [0.5, 0.6) is 0 Å². The lowest BCUT2D eigenvalue weighted by Gasteiger charge is -2.01. The Labute approximate surface area is 342 Å². The van der Waals surface area contributed by atoms with Crippen molar-refractivity contribution in [3.05, 3.63) is 24.0 Å². The van der Waals surface area contributed by atoms with Gasteiger partial charge in [0.1, 0.15) is 12.1 Å². The quantitative estimate of drug-likeness (QED) is 0.183. The van der Waals surface area contributed by atoms with E-state index in [1.54, 1.807) is 0 Å². The molecule has 2 aromatic heterocycles. The number of nitrogens with zero attached hydrogens (tertiary/aromatic N) is 4. The van der Waals surface area contributed by atoms with Crippen LogP contribution in [-0.2, 0) is 0 Å². The van der Waals surface area contributed by atoms with Crippen LogP contribution >= 0.6 is 211 Å². The van der Waals surface area contributed by atoms with Gasteiger partial charge in [-0.15, -0.1) is 216 Å². The largest absolute Gasteiger partial charge is 0.383 e. The summed E-state index contributed by atoms with van der Waals surface area (Å²) in [5.74, 6) is -1.47. The lowest BCUT2D eigenvalue weighted by atomic mass is 10.4. The normalized spacial score (nSPS) is 5.29. The van der Waals surface area contributed by atoms with Gasteiger partial charge < -0.3 is 27.5 Å². The Balaban J connectivity index is -0.0000000113. The van der Waals surface area contributed by atoms with Crippen LogP contribution in [0.1, 0.15) is 28.4 Å². The molecule has 0 unspecified atom stereocenters. The molecular formula is C11H35Cl17N10O3. The van der Waals surface area contributed by atoms with Gasteiger partial charge >= 0.3 is 6.03 Å². The minimum atomic E-state index is -0.764. The van der Waals surface area contributed by atoms with Crippen LogP contribution in [0, 0.1) is 5.53 Å². The third-order valence-corrected chi connectivity index (χ3v) is 2.44. The lowest BCUT2D eigenvalue weighted by Crippen LogP contribution is -2.25. The molecule has 0 aliphatic carbocycles. The summed E-state index contributed by atoms with van der Waals surface area (Å²) in [6, 6.07) is -0.475. The topological polar surface area (TPSA) is 224 Å². The minimum absolute atomic E-state index is 0. The number of carbonyl (C=O) groups is 3. The molecule has 30 heteroatoms. The highest BCUT2D eigenvalue weighted by Gasteiger charge is 2.15. The van der Waals surface area contributed by atoms with Gasteiger partial charge in [-0.05, 0) is 0 Å². The first-order valence-corrected chi connectivity index (χ1v) is 5.88. The third-order valence-electron chi connectivity index (χ3n) is 2.44. The second-order valence-electron chi connectivity index (χ2n) is 3.85. The molecule has 0 bridgehead atoms. The van der Waals surface area contributed by atoms with E-state index in [0.717, 1.165) is 10.9 Å². The van der Waals surface area contributed by atoms with E-state index < -0.39 is 17.8 Å². The van der Waals surface area contributed by atoms with Crippen molar-refractivity contribution in [1.29, 1.82) is 5.53 Å². The van der Waals surface area contributed by atoms with Gasteiger partial charge in [0.15, 0.2) is 11.4 Å². The predicted molar refractivity (Wildman–Crippen MR) is 207 cm³/mol. The monoisotopic (exact) mass is 950 g/mol.